The van der Waals surface area contributed by atoms with Gasteiger partial charge in [-0.3, -0.25) is 4.79 Å². The molecule has 2 bridgehead atoms. The number of carboxylic acids is 1. The Bertz CT molecular complexity index is 859. The van der Waals surface area contributed by atoms with Crippen LogP contribution in [0.5, 0.6) is 0 Å². The molecule has 22 heavy (non-hydrogen) atoms. The van der Waals surface area contributed by atoms with Gasteiger partial charge in [-0.1, -0.05) is 25.1 Å². The van der Waals surface area contributed by atoms with Crippen LogP contribution in [0.1, 0.15) is 19.8 Å². The number of benzene rings is 1. The van der Waals surface area contributed by atoms with Crippen molar-refractivity contribution in [1.29, 1.82) is 0 Å². The summed E-state index contributed by atoms with van der Waals surface area (Å²) in [4.78, 5) is 11.6. The number of carbonyl (C=O) groups is 1. The number of carboxylic acid groups (broad SMARTS) is 1. The summed E-state index contributed by atoms with van der Waals surface area (Å²) in [7, 11) is -3.96. The smallest absolute Gasteiger partial charge is 0.325 e. The predicted octanol–water partition coefficient (Wildman–Crippen LogP) is 2.06. The zero-order chi connectivity index (χ0) is 15.8. The number of aliphatic carboxylic acids is 1. The van der Waals surface area contributed by atoms with Crippen molar-refractivity contribution < 1.29 is 22.7 Å². The van der Waals surface area contributed by atoms with Crippen molar-refractivity contribution in [2.24, 2.45) is 5.41 Å². The van der Waals surface area contributed by atoms with Crippen molar-refractivity contribution in [3.63, 3.8) is 0 Å². The maximum atomic E-state index is 12.9. The number of rotatable bonds is 3. The topological polar surface area (TPSA) is 87.8 Å². The van der Waals surface area contributed by atoms with E-state index >= 15 is 0 Å². The Balaban J connectivity index is 1.82. The van der Waals surface area contributed by atoms with E-state index in [0.717, 1.165) is 4.31 Å². The van der Waals surface area contributed by atoms with Gasteiger partial charge in [-0.05, 0) is 24.3 Å². The van der Waals surface area contributed by atoms with Gasteiger partial charge in [-0.2, -0.15) is 4.31 Å². The summed E-state index contributed by atoms with van der Waals surface area (Å²) in [6.45, 7) is 2.14. The van der Waals surface area contributed by atoms with Gasteiger partial charge in [0.15, 0.2) is 0 Å². The maximum Gasteiger partial charge on any atom is 0.325 e. The van der Waals surface area contributed by atoms with Crippen LogP contribution in [0.15, 0.2) is 39.8 Å². The van der Waals surface area contributed by atoms with Gasteiger partial charge >= 0.3 is 5.97 Å². The molecule has 0 radical (unpaired) electrons. The van der Waals surface area contributed by atoms with E-state index in [-0.39, 0.29) is 17.1 Å². The Morgan fingerprint density at radius 3 is 2.64 bits per heavy atom. The lowest BCUT2D eigenvalue weighted by Crippen LogP contribution is -2.56. The number of fused-ring (bicyclic) bond motifs is 2. The molecular weight excluding hydrogens is 306 g/mol. The quantitative estimate of drug-likeness (QED) is 0.935. The zero-order valence-corrected chi connectivity index (χ0v) is 12.8. The monoisotopic (exact) mass is 321 g/mol. The van der Waals surface area contributed by atoms with E-state index in [9.17, 15) is 18.3 Å². The molecule has 6 nitrogen and oxygen atoms in total. The maximum absolute atomic E-state index is 12.9. The first-order valence-electron chi connectivity index (χ1n) is 7.02. The molecule has 5 rings (SSSR count). The van der Waals surface area contributed by atoms with Gasteiger partial charge < -0.3 is 9.52 Å². The third-order valence-electron chi connectivity index (χ3n) is 4.79. The summed E-state index contributed by atoms with van der Waals surface area (Å²) < 4.78 is 32.3. The van der Waals surface area contributed by atoms with Gasteiger partial charge in [0.25, 0.3) is 10.0 Å². The van der Waals surface area contributed by atoms with Crippen molar-refractivity contribution in [3.05, 3.63) is 30.3 Å². The first kappa shape index (κ1) is 13.8. The molecule has 2 aromatic rings. The minimum Gasteiger partial charge on any atom is -0.480 e. The van der Waals surface area contributed by atoms with Gasteiger partial charge in [0.2, 0.25) is 5.09 Å². The molecule has 1 aromatic heterocycles. The molecule has 1 saturated carbocycles. The van der Waals surface area contributed by atoms with Crippen molar-refractivity contribution in [3.8, 4) is 0 Å². The minimum absolute atomic E-state index is 0.189. The van der Waals surface area contributed by atoms with E-state index < -0.39 is 21.5 Å². The predicted molar refractivity (Wildman–Crippen MR) is 77.8 cm³/mol. The number of hydrogen-bond acceptors (Lipinski definition) is 4. The van der Waals surface area contributed by atoms with E-state index in [4.69, 9.17) is 4.42 Å². The summed E-state index contributed by atoms with van der Waals surface area (Å²) in [6.07, 6.45) is 0.712. The van der Waals surface area contributed by atoms with Gasteiger partial charge in [-0.15, -0.1) is 0 Å². The van der Waals surface area contributed by atoms with Gasteiger partial charge in [0.1, 0.15) is 11.1 Å². The molecule has 0 atom stereocenters. The van der Waals surface area contributed by atoms with E-state index in [0.29, 0.717) is 23.8 Å². The second-order valence-corrected chi connectivity index (χ2v) is 8.41. The van der Waals surface area contributed by atoms with Crippen molar-refractivity contribution in [2.45, 2.75) is 30.4 Å². The van der Waals surface area contributed by atoms with Crippen LogP contribution in [0.2, 0.25) is 0 Å². The summed E-state index contributed by atoms with van der Waals surface area (Å²) in [6, 6.07) is 8.45. The molecule has 2 aliphatic heterocycles. The number of hydrogen-bond donors (Lipinski definition) is 1. The first-order valence-corrected chi connectivity index (χ1v) is 8.46. The van der Waals surface area contributed by atoms with Gasteiger partial charge in [0.05, 0.1) is 0 Å². The van der Waals surface area contributed by atoms with Crippen molar-refractivity contribution >= 4 is 27.0 Å². The SMILES string of the molecule is CC12CN(S(=O)(=O)c3cc4ccccc4o3)C(C(=O)O)(C1)C2. The Morgan fingerprint density at radius 1 is 1.32 bits per heavy atom. The molecule has 0 amide bonds. The molecule has 1 aromatic carbocycles. The molecule has 2 saturated heterocycles. The lowest BCUT2D eigenvalue weighted by Gasteiger charge is -2.42. The number of para-hydroxylation sites is 1. The van der Waals surface area contributed by atoms with Crippen LogP contribution >= 0.6 is 0 Å². The van der Waals surface area contributed by atoms with E-state index in [1.807, 2.05) is 6.92 Å². The average Bonchev–Trinajstić information content (AvgIpc) is 3.05. The molecule has 3 aliphatic rings. The Morgan fingerprint density at radius 2 is 2.00 bits per heavy atom. The lowest BCUT2D eigenvalue weighted by molar-refractivity contribution is -0.151. The van der Waals surface area contributed by atoms with Gasteiger partial charge in [-0.25, -0.2) is 8.42 Å². The number of furan rings is 1. The first-order chi connectivity index (χ1) is 10.3. The molecular formula is C15H15NO5S. The molecule has 116 valence electrons. The molecule has 7 heteroatoms. The van der Waals surface area contributed by atoms with Crippen LogP contribution in [0.25, 0.3) is 11.0 Å². The zero-order valence-electron chi connectivity index (χ0n) is 11.9. The molecule has 3 heterocycles. The second kappa shape index (κ2) is 3.91. The molecule has 1 aliphatic carbocycles. The Labute approximate surface area is 127 Å². The van der Waals surface area contributed by atoms with Crippen molar-refractivity contribution in [2.75, 3.05) is 6.54 Å². The van der Waals surface area contributed by atoms with Crippen LogP contribution < -0.4 is 0 Å². The molecule has 1 N–H and O–H groups in total. The number of sulfonamides is 1. The normalized spacial score (nSPS) is 31.3. The van der Waals surface area contributed by atoms with Crippen LogP contribution in [0, 0.1) is 5.41 Å². The third kappa shape index (κ3) is 1.58. The van der Waals surface area contributed by atoms with Crippen LogP contribution in [0.4, 0.5) is 0 Å². The van der Waals surface area contributed by atoms with Crippen LogP contribution in [-0.4, -0.2) is 35.9 Å². The summed E-state index contributed by atoms with van der Waals surface area (Å²) >= 11 is 0. The number of nitrogens with zero attached hydrogens (tertiary/aromatic N) is 1. The second-order valence-electron chi connectivity index (χ2n) is 6.62. The third-order valence-corrected chi connectivity index (χ3v) is 6.56. The minimum atomic E-state index is -3.96. The highest BCUT2D eigenvalue weighted by atomic mass is 32.2. The average molecular weight is 321 g/mol. The Hall–Kier alpha value is -1.86. The molecule has 3 fully saturated rings. The lowest BCUT2D eigenvalue weighted by atomic mass is 9.63. The highest BCUT2D eigenvalue weighted by Crippen LogP contribution is 2.60. The van der Waals surface area contributed by atoms with Gasteiger partial charge in [0, 0.05) is 18.0 Å². The summed E-state index contributed by atoms with van der Waals surface area (Å²) in [5.74, 6) is -1.08. The summed E-state index contributed by atoms with van der Waals surface area (Å²) in [5.41, 5.74) is -1.09. The largest absolute Gasteiger partial charge is 0.480 e. The fourth-order valence-electron chi connectivity index (χ4n) is 3.91. The van der Waals surface area contributed by atoms with E-state index in [2.05, 4.69) is 0 Å². The summed E-state index contributed by atoms with van der Waals surface area (Å²) in [5, 5.41) is 10.0. The highest BCUT2D eigenvalue weighted by Gasteiger charge is 2.70. The van der Waals surface area contributed by atoms with E-state index in [1.54, 1.807) is 24.3 Å². The standard InChI is InChI=1S/C15H15NO5S/c1-14-7-15(8-14,13(17)18)16(9-14)22(19,20)12-6-10-4-2-3-5-11(10)21-12/h2-6H,7-9H2,1H3,(H,17,18). The fourth-order valence-corrected chi connectivity index (χ4v) is 5.75. The van der Waals surface area contributed by atoms with E-state index in [1.165, 1.54) is 6.07 Å². The molecule has 0 spiro atoms. The van der Waals surface area contributed by atoms with Crippen LogP contribution in [0.3, 0.4) is 0 Å². The fraction of sp³-hybridized carbons (Fsp3) is 0.400. The highest BCUT2D eigenvalue weighted by molar-refractivity contribution is 7.89. The Kier molecular flexibility index (Phi) is 2.45. The van der Waals surface area contributed by atoms with Crippen molar-refractivity contribution in [1.82, 2.24) is 4.31 Å². The van der Waals surface area contributed by atoms with Crippen LogP contribution in [-0.2, 0) is 14.8 Å². The molecule has 0 unspecified atom stereocenters.